The molecular weight excluding hydrogens is 262 g/mol. The third-order valence-electron chi connectivity index (χ3n) is 4.77. The van der Waals surface area contributed by atoms with Gasteiger partial charge in [-0.05, 0) is 45.2 Å². The van der Waals surface area contributed by atoms with E-state index in [1.807, 2.05) is 0 Å². The first-order valence-corrected chi connectivity index (χ1v) is 8.38. The van der Waals surface area contributed by atoms with Crippen molar-refractivity contribution in [1.82, 2.24) is 14.9 Å². The lowest BCUT2D eigenvalue weighted by Crippen LogP contribution is -2.53. The Bertz CT molecular complexity index is 468. The second-order valence-corrected chi connectivity index (χ2v) is 6.22. The lowest BCUT2D eigenvalue weighted by molar-refractivity contribution is 0.0973. The van der Waals surface area contributed by atoms with Gasteiger partial charge in [-0.25, -0.2) is 9.97 Å². The van der Waals surface area contributed by atoms with E-state index in [4.69, 9.17) is 0 Å². The fourth-order valence-corrected chi connectivity index (χ4v) is 3.65. The van der Waals surface area contributed by atoms with E-state index in [-0.39, 0.29) is 0 Å². The number of hydrogen-bond donors (Lipinski definition) is 2. The Morgan fingerprint density at radius 1 is 1.19 bits per heavy atom. The van der Waals surface area contributed by atoms with E-state index in [0.717, 1.165) is 43.5 Å². The maximum atomic E-state index is 4.54. The molecule has 21 heavy (non-hydrogen) atoms. The van der Waals surface area contributed by atoms with Crippen LogP contribution in [-0.2, 0) is 6.42 Å². The third-order valence-corrected chi connectivity index (χ3v) is 4.77. The van der Waals surface area contributed by atoms with Crippen LogP contribution in [0.1, 0.15) is 38.7 Å². The molecule has 2 N–H and O–H groups in total. The normalized spacial score (nSPS) is 27.6. The summed E-state index contributed by atoms with van der Waals surface area (Å²) in [6, 6.07) is 0.549. The van der Waals surface area contributed by atoms with Gasteiger partial charge in [0.15, 0.2) is 0 Å². The van der Waals surface area contributed by atoms with Gasteiger partial charge in [-0.1, -0.05) is 13.3 Å². The monoisotopic (exact) mass is 289 g/mol. The van der Waals surface area contributed by atoms with Gasteiger partial charge in [0, 0.05) is 24.7 Å². The SMILES string of the molecule is CCCc1c(NCC)ncnc1NC1CN2CCC1CC2. The average molecular weight is 289 g/mol. The summed E-state index contributed by atoms with van der Waals surface area (Å²) in [7, 11) is 0. The van der Waals surface area contributed by atoms with Crippen LogP contribution in [0.2, 0.25) is 0 Å². The molecule has 0 saturated carbocycles. The van der Waals surface area contributed by atoms with Crippen molar-refractivity contribution in [3.8, 4) is 0 Å². The second kappa shape index (κ2) is 6.60. The Labute approximate surface area is 127 Å². The molecule has 1 unspecified atom stereocenters. The van der Waals surface area contributed by atoms with Crippen molar-refractivity contribution in [1.29, 1.82) is 0 Å². The predicted octanol–water partition coefficient (Wildman–Crippen LogP) is 2.37. The van der Waals surface area contributed by atoms with Crippen molar-refractivity contribution in [2.45, 2.75) is 45.6 Å². The summed E-state index contributed by atoms with van der Waals surface area (Å²) in [5.74, 6) is 2.85. The number of piperidine rings is 3. The van der Waals surface area contributed by atoms with Crippen LogP contribution >= 0.6 is 0 Å². The maximum Gasteiger partial charge on any atom is 0.134 e. The zero-order chi connectivity index (χ0) is 14.7. The van der Waals surface area contributed by atoms with E-state index in [0.29, 0.717) is 6.04 Å². The zero-order valence-corrected chi connectivity index (χ0v) is 13.2. The Morgan fingerprint density at radius 2 is 1.95 bits per heavy atom. The number of fused-ring (bicyclic) bond motifs is 3. The zero-order valence-electron chi connectivity index (χ0n) is 13.2. The summed E-state index contributed by atoms with van der Waals surface area (Å²) in [5.41, 5.74) is 1.25. The molecule has 5 nitrogen and oxygen atoms in total. The molecule has 3 fully saturated rings. The molecule has 1 aromatic heterocycles. The molecule has 116 valence electrons. The van der Waals surface area contributed by atoms with Crippen molar-refractivity contribution < 1.29 is 0 Å². The minimum Gasteiger partial charge on any atom is -0.370 e. The van der Waals surface area contributed by atoms with Crippen LogP contribution < -0.4 is 10.6 Å². The van der Waals surface area contributed by atoms with E-state index in [1.165, 1.54) is 31.5 Å². The highest BCUT2D eigenvalue weighted by Crippen LogP contribution is 2.31. The van der Waals surface area contributed by atoms with Gasteiger partial charge in [-0.2, -0.15) is 0 Å². The molecule has 3 aliphatic rings. The Balaban J connectivity index is 1.79. The molecule has 1 atom stereocenters. The first-order chi connectivity index (χ1) is 10.3. The van der Waals surface area contributed by atoms with Gasteiger partial charge in [0.25, 0.3) is 0 Å². The summed E-state index contributed by atoms with van der Waals surface area (Å²) in [6.07, 6.45) is 6.46. The fourth-order valence-electron chi connectivity index (χ4n) is 3.65. The molecule has 0 spiro atoms. The van der Waals surface area contributed by atoms with Crippen molar-refractivity contribution in [3.63, 3.8) is 0 Å². The summed E-state index contributed by atoms with van der Waals surface area (Å²) in [5, 5.41) is 7.10. The molecule has 0 aliphatic carbocycles. The van der Waals surface area contributed by atoms with Gasteiger partial charge >= 0.3 is 0 Å². The highest BCUT2D eigenvalue weighted by atomic mass is 15.2. The van der Waals surface area contributed by atoms with Crippen LogP contribution in [0.4, 0.5) is 11.6 Å². The third kappa shape index (κ3) is 3.12. The van der Waals surface area contributed by atoms with Crippen LogP contribution in [0, 0.1) is 5.92 Å². The molecule has 5 heteroatoms. The summed E-state index contributed by atoms with van der Waals surface area (Å²) >= 11 is 0. The first-order valence-electron chi connectivity index (χ1n) is 8.38. The van der Waals surface area contributed by atoms with Gasteiger partial charge < -0.3 is 15.5 Å². The molecule has 2 bridgehead atoms. The predicted molar refractivity (Wildman–Crippen MR) is 86.8 cm³/mol. The topological polar surface area (TPSA) is 53.1 Å². The lowest BCUT2D eigenvalue weighted by atomic mass is 9.84. The molecule has 0 radical (unpaired) electrons. The largest absolute Gasteiger partial charge is 0.370 e. The van der Waals surface area contributed by atoms with Gasteiger partial charge in [0.05, 0.1) is 0 Å². The van der Waals surface area contributed by atoms with Crippen molar-refractivity contribution >= 4 is 11.6 Å². The van der Waals surface area contributed by atoms with Crippen molar-refractivity contribution in [2.75, 3.05) is 36.8 Å². The summed E-state index contributed by atoms with van der Waals surface area (Å²) in [6.45, 7) is 8.93. The smallest absolute Gasteiger partial charge is 0.134 e. The van der Waals surface area contributed by atoms with E-state index in [1.54, 1.807) is 6.33 Å². The Morgan fingerprint density at radius 3 is 2.57 bits per heavy atom. The number of hydrogen-bond acceptors (Lipinski definition) is 5. The Kier molecular flexibility index (Phi) is 4.58. The van der Waals surface area contributed by atoms with Gasteiger partial charge in [-0.15, -0.1) is 0 Å². The second-order valence-electron chi connectivity index (χ2n) is 6.22. The quantitative estimate of drug-likeness (QED) is 0.842. The summed E-state index contributed by atoms with van der Waals surface area (Å²) in [4.78, 5) is 11.5. The van der Waals surface area contributed by atoms with Gasteiger partial charge in [0.1, 0.15) is 18.0 Å². The van der Waals surface area contributed by atoms with E-state index in [2.05, 4.69) is 39.3 Å². The minimum absolute atomic E-state index is 0.549. The van der Waals surface area contributed by atoms with E-state index < -0.39 is 0 Å². The number of nitrogens with one attached hydrogen (secondary N) is 2. The van der Waals surface area contributed by atoms with Crippen LogP contribution in [-0.4, -0.2) is 47.1 Å². The number of aromatic nitrogens is 2. The van der Waals surface area contributed by atoms with Crippen molar-refractivity contribution in [2.24, 2.45) is 5.92 Å². The molecular formula is C16H27N5. The molecule has 4 heterocycles. The maximum absolute atomic E-state index is 4.54. The van der Waals surface area contributed by atoms with Crippen LogP contribution in [0.15, 0.2) is 6.33 Å². The van der Waals surface area contributed by atoms with Crippen LogP contribution in [0.5, 0.6) is 0 Å². The fraction of sp³-hybridized carbons (Fsp3) is 0.750. The van der Waals surface area contributed by atoms with Crippen LogP contribution in [0.25, 0.3) is 0 Å². The first kappa shape index (κ1) is 14.6. The highest BCUT2D eigenvalue weighted by Gasteiger charge is 2.34. The minimum atomic E-state index is 0.549. The number of anilines is 2. The average Bonchev–Trinajstić information content (AvgIpc) is 2.52. The lowest BCUT2D eigenvalue weighted by Gasteiger charge is -2.45. The molecule has 1 aromatic rings. The molecule has 0 aromatic carbocycles. The molecule has 4 rings (SSSR count). The standard InChI is InChI=1S/C16H27N5/c1-3-5-13-15(17-4-2)18-11-19-16(13)20-14-10-21-8-6-12(14)7-9-21/h11-12,14H,3-10H2,1-2H3,(H2,17,18,19,20). The van der Waals surface area contributed by atoms with E-state index >= 15 is 0 Å². The highest BCUT2D eigenvalue weighted by molar-refractivity contribution is 5.58. The van der Waals surface area contributed by atoms with E-state index in [9.17, 15) is 0 Å². The molecule has 3 aliphatic heterocycles. The van der Waals surface area contributed by atoms with Crippen LogP contribution in [0.3, 0.4) is 0 Å². The Hall–Kier alpha value is -1.36. The summed E-state index contributed by atoms with van der Waals surface area (Å²) < 4.78 is 0. The number of nitrogens with zero attached hydrogens (tertiary/aromatic N) is 3. The van der Waals surface area contributed by atoms with Gasteiger partial charge in [0.2, 0.25) is 0 Å². The molecule has 0 amide bonds. The van der Waals surface area contributed by atoms with Crippen molar-refractivity contribution in [3.05, 3.63) is 11.9 Å². The number of rotatable bonds is 6. The molecule has 3 saturated heterocycles. The van der Waals surface area contributed by atoms with Gasteiger partial charge in [-0.3, -0.25) is 0 Å².